The number of rotatable bonds is 2. The third-order valence-corrected chi connectivity index (χ3v) is 4.49. The summed E-state index contributed by atoms with van der Waals surface area (Å²) in [6, 6.07) is 0. The zero-order valence-electron chi connectivity index (χ0n) is 11.3. The summed E-state index contributed by atoms with van der Waals surface area (Å²) in [5.41, 5.74) is 0. The molecule has 2 aliphatic rings. The lowest BCUT2D eigenvalue weighted by Gasteiger charge is -2.25. The van der Waals surface area contributed by atoms with Crippen LogP contribution in [0.2, 0.25) is 0 Å². The molecule has 0 heterocycles. The van der Waals surface area contributed by atoms with Gasteiger partial charge in [-0.2, -0.15) is 0 Å². The lowest BCUT2D eigenvalue weighted by atomic mass is 9.83. The fraction of sp³-hybridized carbons (Fsp3) is 0.867. The van der Waals surface area contributed by atoms with Gasteiger partial charge in [-0.15, -0.1) is 0 Å². The SMILES string of the molecule is CC1CCC(C(=O)OC(=O)C2CCCCC2)CC1. The van der Waals surface area contributed by atoms with Crippen molar-refractivity contribution in [2.24, 2.45) is 17.8 Å². The van der Waals surface area contributed by atoms with Gasteiger partial charge < -0.3 is 4.74 Å². The molecule has 2 fully saturated rings. The van der Waals surface area contributed by atoms with Crippen molar-refractivity contribution < 1.29 is 14.3 Å². The molecule has 0 aromatic carbocycles. The quantitative estimate of drug-likeness (QED) is 0.558. The summed E-state index contributed by atoms with van der Waals surface area (Å²) in [7, 11) is 0. The van der Waals surface area contributed by atoms with Gasteiger partial charge in [0.2, 0.25) is 0 Å². The van der Waals surface area contributed by atoms with Crippen molar-refractivity contribution in [3.63, 3.8) is 0 Å². The zero-order valence-corrected chi connectivity index (χ0v) is 11.3. The Morgan fingerprint density at radius 3 is 1.83 bits per heavy atom. The summed E-state index contributed by atoms with van der Waals surface area (Å²) in [5.74, 6) is 0.123. The molecule has 2 aliphatic carbocycles. The summed E-state index contributed by atoms with van der Waals surface area (Å²) in [6.07, 6.45) is 9.12. The van der Waals surface area contributed by atoms with E-state index in [1.807, 2.05) is 0 Å². The summed E-state index contributed by atoms with van der Waals surface area (Å²) >= 11 is 0. The van der Waals surface area contributed by atoms with E-state index in [0.29, 0.717) is 5.92 Å². The lowest BCUT2D eigenvalue weighted by Crippen LogP contribution is -2.29. The highest BCUT2D eigenvalue weighted by Crippen LogP contribution is 2.30. The van der Waals surface area contributed by atoms with Crippen molar-refractivity contribution in [2.45, 2.75) is 64.7 Å². The Balaban J connectivity index is 1.77. The van der Waals surface area contributed by atoms with Gasteiger partial charge in [0.1, 0.15) is 0 Å². The monoisotopic (exact) mass is 252 g/mol. The van der Waals surface area contributed by atoms with Gasteiger partial charge in [-0.1, -0.05) is 26.2 Å². The Bertz CT molecular complexity index is 297. The predicted molar refractivity (Wildman–Crippen MR) is 68.8 cm³/mol. The minimum absolute atomic E-state index is 0.0229. The van der Waals surface area contributed by atoms with Crippen molar-refractivity contribution in [3.05, 3.63) is 0 Å². The Morgan fingerprint density at radius 2 is 1.28 bits per heavy atom. The van der Waals surface area contributed by atoms with E-state index in [-0.39, 0.29) is 23.8 Å². The van der Waals surface area contributed by atoms with Gasteiger partial charge >= 0.3 is 11.9 Å². The molecule has 0 saturated heterocycles. The summed E-state index contributed by atoms with van der Waals surface area (Å²) in [4.78, 5) is 23.8. The van der Waals surface area contributed by atoms with Crippen molar-refractivity contribution in [2.75, 3.05) is 0 Å². The number of carbonyl (C=O) groups is 2. The van der Waals surface area contributed by atoms with Crippen LogP contribution in [-0.4, -0.2) is 11.9 Å². The molecule has 0 bridgehead atoms. The van der Waals surface area contributed by atoms with Gasteiger partial charge in [0.05, 0.1) is 11.8 Å². The predicted octanol–water partition coefficient (Wildman–Crippen LogP) is 3.46. The molecule has 0 radical (unpaired) electrons. The van der Waals surface area contributed by atoms with E-state index in [4.69, 9.17) is 4.74 Å². The molecule has 102 valence electrons. The molecule has 0 aromatic rings. The first kappa shape index (κ1) is 13.6. The second kappa shape index (κ2) is 6.35. The molecule has 0 N–H and O–H groups in total. The molecule has 0 unspecified atom stereocenters. The molecular weight excluding hydrogens is 228 g/mol. The third kappa shape index (κ3) is 3.56. The number of hydrogen-bond donors (Lipinski definition) is 0. The largest absolute Gasteiger partial charge is 0.393 e. The molecule has 0 amide bonds. The average molecular weight is 252 g/mol. The second-order valence-corrected chi connectivity index (χ2v) is 6.03. The van der Waals surface area contributed by atoms with E-state index in [1.165, 1.54) is 6.42 Å². The summed E-state index contributed by atoms with van der Waals surface area (Å²) in [6.45, 7) is 2.22. The van der Waals surface area contributed by atoms with E-state index >= 15 is 0 Å². The van der Waals surface area contributed by atoms with Crippen LogP contribution >= 0.6 is 0 Å². The van der Waals surface area contributed by atoms with Crippen LogP contribution in [0.1, 0.15) is 64.7 Å². The Kier molecular flexibility index (Phi) is 4.79. The molecule has 0 spiro atoms. The molecule has 0 atom stereocenters. The van der Waals surface area contributed by atoms with Crippen molar-refractivity contribution in [1.82, 2.24) is 0 Å². The van der Waals surface area contributed by atoms with E-state index in [9.17, 15) is 9.59 Å². The van der Waals surface area contributed by atoms with Gasteiger partial charge in [0.15, 0.2) is 0 Å². The van der Waals surface area contributed by atoms with Gasteiger partial charge in [0.25, 0.3) is 0 Å². The van der Waals surface area contributed by atoms with Crippen LogP contribution in [0.4, 0.5) is 0 Å². The van der Waals surface area contributed by atoms with E-state index in [0.717, 1.165) is 51.4 Å². The van der Waals surface area contributed by atoms with Crippen LogP contribution in [0.3, 0.4) is 0 Å². The van der Waals surface area contributed by atoms with Crippen molar-refractivity contribution in [3.8, 4) is 0 Å². The normalized spacial score (nSPS) is 29.8. The summed E-state index contributed by atoms with van der Waals surface area (Å²) < 4.78 is 5.09. The number of carbonyl (C=O) groups excluding carboxylic acids is 2. The highest BCUT2D eigenvalue weighted by Gasteiger charge is 2.30. The fourth-order valence-electron chi connectivity index (χ4n) is 3.10. The van der Waals surface area contributed by atoms with Crippen molar-refractivity contribution >= 4 is 11.9 Å². The number of hydrogen-bond acceptors (Lipinski definition) is 3. The van der Waals surface area contributed by atoms with Gasteiger partial charge in [0, 0.05) is 0 Å². The van der Waals surface area contributed by atoms with Crippen LogP contribution in [0.25, 0.3) is 0 Å². The number of esters is 2. The highest BCUT2D eigenvalue weighted by molar-refractivity contribution is 5.87. The maximum absolute atomic E-state index is 11.9. The smallest absolute Gasteiger partial charge is 0.316 e. The van der Waals surface area contributed by atoms with E-state index in [1.54, 1.807) is 0 Å². The van der Waals surface area contributed by atoms with Gasteiger partial charge in [-0.25, -0.2) is 0 Å². The van der Waals surface area contributed by atoms with Gasteiger partial charge in [-0.05, 0) is 44.4 Å². The van der Waals surface area contributed by atoms with E-state index < -0.39 is 0 Å². The first-order valence-corrected chi connectivity index (χ1v) is 7.42. The molecule has 18 heavy (non-hydrogen) atoms. The van der Waals surface area contributed by atoms with E-state index in [2.05, 4.69) is 6.92 Å². The van der Waals surface area contributed by atoms with Crippen LogP contribution in [-0.2, 0) is 14.3 Å². The van der Waals surface area contributed by atoms with Crippen LogP contribution < -0.4 is 0 Å². The first-order valence-electron chi connectivity index (χ1n) is 7.42. The average Bonchev–Trinajstić information content (AvgIpc) is 2.40. The van der Waals surface area contributed by atoms with Crippen LogP contribution in [0.5, 0.6) is 0 Å². The Labute approximate surface area is 109 Å². The zero-order chi connectivity index (χ0) is 13.0. The second-order valence-electron chi connectivity index (χ2n) is 6.03. The highest BCUT2D eigenvalue weighted by atomic mass is 16.6. The van der Waals surface area contributed by atoms with Crippen molar-refractivity contribution in [1.29, 1.82) is 0 Å². The van der Waals surface area contributed by atoms with Crippen LogP contribution in [0, 0.1) is 17.8 Å². The maximum atomic E-state index is 11.9. The fourth-order valence-corrected chi connectivity index (χ4v) is 3.10. The molecule has 3 nitrogen and oxygen atoms in total. The Morgan fingerprint density at radius 1 is 0.778 bits per heavy atom. The number of ether oxygens (including phenoxy) is 1. The summed E-state index contributed by atoms with van der Waals surface area (Å²) in [5, 5.41) is 0. The molecule has 0 aliphatic heterocycles. The standard InChI is InChI=1S/C15H24O3/c1-11-7-9-13(10-8-11)15(17)18-14(16)12-5-3-2-4-6-12/h11-13H,2-10H2,1H3. The molecule has 3 heteroatoms. The third-order valence-electron chi connectivity index (χ3n) is 4.49. The molecular formula is C15H24O3. The topological polar surface area (TPSA) is 43.4 Å². The first-order chi connectivity index (χ1) is 8.66. The minimum Gasteiger partial charge on any atom is -0.393 e. The Hall–Kier alpha value is -0.860. The minimum atomic E-state index is -0.266. The lowest BCUT2D eigenvalue weighted by molar-refractivity contribution is -0.167. The maximum Gasteiger partial charge on any atom is 0.316 e. The molecule has 0 aromatic heterocycles. The molecule has 2 rings (SSSR count). The molecule has 2 saturated carbocycles. The van der Waals surface area contributed by atoms with Crippen LogP contribution in [0.15, 0.2) is 0 Å². The van der Waals surface area contributed by atoms with Gasteiger partial charge in [-0.3, -0.25) is 9.59 Å².